The Kier molecular flexibility index (Phi) is 2.35. The molecular weight excluding hydrogens is 180 g/mol. The van der Waals surface area contributed by atoms with Gasteiger partial charge in [0.2, 0.25) is 0 Å². The standard InChI is InChI=1S/C10H12N2O2/c1-2-14-10(13)8-5-7-3-4-11-6-9(7)12-8/h3-4,6,8,12H,2,5H2,1H3. The maximum absolute atomic E-state index is 11.4. The topological polar surface area (TPSA) is 51.2 Å². The highest BCUT2D eigenvalue weighted by Crippen LogP contribution is 2.24. The monoisotopic (exact) mass is 192 g/mol. The lowest BCUT2D eigenvalue weighted by molar-refractivity contribution is -0.143. The van der Waals surface area contributed by atoms with E-state index in [2.05, 4.69) is 10.3 Å². The van der Waals surface area contributed by atoms with Crippen LogP contribution in [0.5, 0.6) is 0 Å². The third kappa shape index (κ3) is 1.55. The van der Waals surface area contributed by atoms with Gasteiger partial charge >= 0.3 is 5.97 Å². The van der Waals surface area contributed by atoms with Crippen molar-refractivity contribution in [3.8, 4) is 0 Å². The minimum absolute atomic E-state index is 0.191. The van der Waals surface area contributed by atoms with E-state index in [1.165, 1.54) is 0 Å². The number of esters is 1. The van der Waals surface area contributed by atoms with Crippen LogP contribution >= 0.6 is 0 Å². The van der Waals surface area contributed by atoms with Crippen molar-refractivity contribution in [2.75, 3.05) is 11.9 Å². The second kappa shape index (κ2) is 3.65. The van der Waals surface area contributed by atoms with E-state index in [0.29, 0.717) is 13.0 Å². The van der Waals surface area contributed by atoms with Crippen molar-refractivity contribution in [1.29, 1.82) is 0 Å². The van der Waals surface area contributed by atoms with Crippen molar-refractivity contribution in [2.24, 2.45) is 0 Å². The summed E-state index contributed by atoms with van der Waals surface area (Å²) < 4.78 is 4.94. The van der Waals surface area contributed by atoms with Crippen molar-refractivity contribution in [1.82, 2.24) is 4.98 Å². The van der Waals surface area contributed by atoms with Crippen molar-refractivity contribution >= 4 is 11.7 Å². The second-order valence-corrected chi connectivity index (χ2v) is 3.19. The summed E-state index contributed by atoms with van der Waals surface area (Å²) in [6.45, 7) is 2.23. The molecule has 1 N–H and O–H groups in total. The van der Waals surface area contributed by atoms with Gasteiger partial charge in [-0.05, 0) is 18.6 Å². The summed E-state index contributed by atoms with van der Waals surface area (Å²) >= 11 is 0. The summed E-state index contributed by atoms with van der Waals surface area (Å²) in [5, 5.41) is 3.08. The highest BCUT2D eigenvalue weighted by atomic mass is 16.5. The van der Waals surface area contributed by atoms with Crippen molar-refractivity contribution < 1.29 is 9.53 Å². The molecule has 2 rings (SSSR count). The summed E-state index contributed by atoms with van der Waals surface area (Å²) in [5.41, 5.74) is 2.06. The van der Waals surface area contributed by atoms with Crippen LogP contribution in [0.15, 0.2) is 18.5 Å². The Bertz CT molecular complexity index is 327. The molecule has 0 aromatic carbocycles. The first kappa shape index (κ1) is 8.99. The number of nitrogens with zero attached hydrogens (tertiary/aromatic N) is 1. The SMILES string of the molecule is CCOC(=O)C1Cc2ccncc2N1. The number of fused-ring (bicyclic) bond motifs is 1. The Balaban J connectivity index is 2.08. The van der Waals surface area contributed by atoms with Gasteiger partial charge in [0.25, 0.3) is 0 Å². The molecule has 0 amide bonds. The lowest BCUT2D eigenvalue weighted by Gasteiger charge is -2.08. The third-order valence-electron chi connectivity index (χ3n) is 2.24. The number of nitrogens with one attached hydrogen (secondary N) is 1. The summed E-state index contributed by atoms with van der Waals surface area (Å²) in [6.07, 6.45) is 4.15. The van der Waals surface area contributed by atoms with Crippen LogP contribution in [-0.4, -0.2) is 23.6 Å². The lowest BCUT2D eigenvalue weighted by Crippen LogP contribution is -2.28. The van der Waals surface area contributed by atoms with E-state index in [9.17, 15) is 4.79 Å². The fourth-order valence-electron chi connectivity index (χ4n) is 1.57. The average Bonchev–Trinajstić information content (AvgIpc) is 2.61. The maximum Gasteiger partial charge on any atom is 0.328 e. The second-order valence-electron chi connectivity index (χ2n) is 3.19. The largest absolute Gasteiger partial charge is 0.464 e. The smallest absolute Gasteiger partial charge is 0.328 e. The highest BCUT2D eigenvalue weighted by Gasteiger charge is 2.27. The minimum Gasteiger partial charge on any atom is -0.464 e. The van der Waals surface area contributed by atoms with Gasteiger partial charge in [0.15, 0.2) is 0 Å². The predicted octanol–water partition coefficient (Wildman–Crippen LogP) is 0.981. The van der Waals surface area contributed by atoms with E-state index in [-0.39, 0.29) is 12.0 Å². The normalized spacial score (nSPS) is 18.5. The molecular formula is C10H12N2O2. The van der Waals surface area contributed by atoms with Gasteiger partial charge in [0, 0.05) is 12.6 Å². The molecule has 0 radical (unpaired) electrons. The fraction of sp³-hybridized carbons (Fsp3) is 0.400. The number of aromatic nitrogens is 1. The van der Waals surface area contributed by atoms with Crippen LogP contribution in [-0.2, 0) is 16.0 Å². The number of carbonyl (C=O) groups excluding carboxylic acids is 1. The number of pyridine rings is 1. The molecule has 1 aliphatic heterocycles. The number of carbonyl (C=O) groups is 1. The molecule has 14 heavy (non-hydrogen) atoms. The number of hydrogen-bond donors (Lipinski definition) is 1. The quantitative estimate of drug-likeness (QED) is 0.710. The number of ether oxygens (including phenoxy) is 1. The molecule has 0 spiro atoms. The lowest BCUT2D eigenvalue weighted by atomic mass is 10.1. The van der Waals surface area contributed by atoms with E-state index >= 15 is 0 Å². The Labute approximate surface area is 82.3 Å². The molecule has 4 nitrogen and oxygen atoms in total. The summed E-state index contributed by atoms with van der Waals surface area (Å²) in [6, 6.07) is 1.68. The summed E-state index contributed by atoms with van der Waals surface area (Å²) in [5.74, 6) is -0.191. The number of anilines is 1. The van der Waals surface area contributed by atoms with Gasteiger partial charge in [-0.2, -0.15) is 0 Å². The Morgan fingerprint density at radius 2 is 2.64 bits per heavy atom. The van der Waals surface area contributed by atoms with Gasteiger partial charge < -0.3 is 10.1 Å². The van der Waals surface area contributed by atoms with Gasteiger partial charge in [0.05, 0.1) is 18.5 Å². The van der Waals surface area contributed by atoms with Gasteiger partial charge in [-0.3, -0.25) is 4.98 Å². The molecule has 1 aromatic heterocycles. The Hall–Kier alpha value is -1.58. The van der Waals surface area contributed by atoms with Crippen LogP contribution in [0.25, 0.3) is 0 Å². The minimum atomic E-state index is -0.242. The van der Waals surface area contributed by atoms with Crippen LogP contribution in [0.4, 0.5) is 5.69 Å². The van der Waals surface area contributed by atoms with Crippen molar-refractivity contribution in [3.05, 3.63) is 24.0 Å². The van der Waals surface area contributed by atoms with E-state index in [4.69, 9.17) is 4.74 Å². The molecule has 1 aromatic rings. The Morgan fingerprint density at radius 1 is 1.79 bits per heavy atom. The van der Waals surface area contributed by atoms with Crippen LogP contribution in [0.2, 0.25) is 0 Å². The zero-order valence-corrected chi connectivity index (χ0v) is 7.99. The number of rotatable bonds is 2. The third-order valence-corrected chi connectivity index (χ3v) is 2.24. The fourth-order valence-corrected chi connectivity index (χ4v) is 1.57. The van der Waals surface area contributed by atoms with Gasteiger partial charge in [-0.25, -0.2) is 4.79 Å². The van der Waals surface area contributed by atoms with Gasteiger partial charge in [0.1, 0.15) is 6.04 Å². The molecule has 2 heterocycles. The average molecular weight is 192 g/mol. The molecule has 0 fully saturated rings. The van der Waals surface area contributed by atoms with E-state index < -0.39 is 0 Å². The van der Waals surface area contributed by atoms with Crippen LogP contribution in [0, 0.1) is 0 Å². The highest BCUT2D eigenvalue weighted by molar-refractivity contribution is 5.82. The molecule has 0 saturated heterocycles. The van der Waals surface area contributed by atoms with E-state index in [1.807, 2.05) is 13.0 Å². The van der Waals surface area contributed by atoms with E-state index in [1.54, 1.807) is 12.4 Å². The van der Waals surface area contributed by atoms with Gasteiger partial charge in [-0.15, -0.1) is 0 Å². The van der Waals surface area contributed by atoms with Gasteiger partial charge in [-0.1, -0.05) is 0 Å². The van der Waals surface area contributed by atoms with Crippen molar-refractivity contribution in [3.63, 3.8) is 0 Å². The molecule has 0 aliphatic carbocycles. The van der Waals surface area contributed by atoms with Crippen molar-refractivity contribution in [2.45, 2.75) is 19.4 Å². The first-order chi connectivity index (χ1) is 6.81. The van der Waals surface area contributed by atoms with Crippen LogP contribution in [0.1, 0.15) is 12.5 Å². The van der Waals surface area contributed by atoms with E-state index in [0.717, 1.165) is 11.3 Å². The zero-order valence-electron chi connectivity index (χ0n) is 7.99. The summed E-state index contributed by atoms with van der Waals surface area (Å²) in [7, 11) is 0. The molecule has 1 atom stereocenters. The molecule has 1 aliphatic rings. The van der Waals surface area contributed by atoms with Crippen LogP contribution in [0.3, 0.4) is 0 Å². The predicted molar refractivity (Wildman–Crippen MR) is 52.0 cm³/mol. The molecule has 0 bridgehead atoms. The Morgan fingerprint density at radius 3 is 3.36 bits per heavy atom. The zero-order chi connectivity index (χ0) is 9.97. The maximum atomic E-state index is 11.4. The molecule has 4 heteroatoms. The summed E-state index contributed by atoms with van der Waals surface area (Å²) in [4.78, 5) is 15.4. The first-order valence-electron chi connectivity index (χ1n) is 4.67. The molecule has 74 valence electrons. The number of hydrogen-bond acceptors (Lipinski definition) is 4. The van der Waals surface area contributed by atoms with Crippen LogP contribution < -0.4 is 5.32 Å². The first-order valence-corrected chi connectivity index (χ1v) is 4.67. The molecule has 1 unspecified atom stereocenters. The molecule has 0 saturated carbocycles.